The molecule has 1 aliphatic rings. The molecule has 0 aliphatic carbocycles. The van der Waals surface area contributed by atoms with Crippen molar-refractivity contribution in [3.63, 3.8) is 0 Å². The van der Waals surface area contributed by atoms with Gasteiger partial charge in [0.15, 0.2) is 11.5 Å². The Kier molecular flexibility index (Phi) is 5.03. The molecule has 0 bridgehead atoms. The summed E-state index contributed by atoms with van der Waals surface area (Å²) in [5.74, 6) is 0.471. The quantitative estimate of drug-likeness (QED) is 0.800. The normalized spacial score (nSPS) is 18.3. The molecule has 0 spiro atoms. The summed E-state index contributed by atoms with van der Waals surface area (Å²) in [6.45, 7) is 0.394. The van der Waals surface area contributed by atoms with Crippen LogP contribution in [0.1, 0.15) is 18.4 Å². The first-order valence-corrected chi connectivity index (χ1v) is 6.91. The molecule has 1 aliphatic heterocycles. The summed E-state index contributed by atoms with van der Waals surface area (Å²) in [7, 11) is 3.05. The van der Waals surface area contributed by atoms with Gasteiger partial charge in [0.2, 0.25) is 11.8 Å². The Morgan fingerprint density at radius 1 is 1.33 bits per heavy atom. The molecule has 0 radical (unpaired) electrons. The zero-order valence-electron chi connectivity index (χ0n) is 11.9. The van der Waals surface area contributed by atoms with Crippen LogP contribution in [0.25, 0.3) is 0 Å². The number of hydrogen-bond acceptors (Lipinski definition) is 5. The molecule has 114 valence electrons. The summed E-state index contributed by atoms with van der Waals surface area (Å²) < 4.78 is 10.4. The van der Waals surface area contributed by atoms with Crippen LogP contribution < -0.4 is 20.1 Å². The Labute approximate surface area is 127 Å². The molecule has 0 aromatic heterocycles. The van der Waals surface area contributed by atoms with Crippen molar-refractivity contribution in [2.75, 3.05) is 14.2 Å². The van der Waals surface area contributed by atoms with E-state index in [1.807, 2.05) is 6.07 Å². The third-order valence-electron chi connectivity index (χ3n) is 3.34. The summed E-state index contributed by atoms with van der Waals surface area (Å²) in [4.78, 5) is 22.8. The smallest absolute Gasteiger partial charge is 0.243 e. The van der Waals surface area contributed by atoms with E-state index < -0.39 is 6.04 Å². The number of rotatable bonds is 5. The van der Waals surface area contributed by atoms with Gasteiger partial charge in [-0.3, -0.25) is 14.9 Å². The minimum Gasteiger partial charge on any atom is -0.493 e. The highest BCUT2D eigenvalue weighted by Gasteiger charge is 2.26. The molecular weight excluding hydrogens is 296 g/mol. The lowest BCUT2D eigenvalue weighted by molar-refractivity contribution is -0.134. The van der Waals surface area contributed by atoms with Crippen molar-refractivity contribution >= 4 is 23.4 Å². The van der Waals surface area contributed by atoms with Gasteiger partial charge in [-0.1, -0.05) is 17.7 Å². The number of halogens is 1. The third-order valence-corrected chi connectivity index (χ3v) is 3.76. The van der Waals surface area contributed by atoms with Crippen molar-refractivity contribution in [3.8, 4) is 11.5 Å². The van der Waals surface area contributed by atoms with E-state index in [4.69, 9.17) is 21.1 Å². The Morgan fingerprint density at radius 3 is 2.71 bits per heavy atom. The zero-order valence-corrected chi connectivity index (χ0v) is 12.6. The molecule has 0 saturated carbocycles. The average Bonchev–Trinajstić information content (AvgIpc) is 2.47. The molecule has 2 N–H and O–H groups in total. The van der Waals surface area contributed by atoms with E-state index >= 15 is 0 Å². The maximum atomic E-state index is 11.7. The number of methoxy groups -OCH3 is 2. The first kappa shape index (κ1) is 15.6. The number of nitrogens with one attached hydrogen (secondary N) is 2. The molecule has 1 saturated heterocycles. The van der Waals surface area contributed by atoms with Crippen LogP contribution in [0.15, 0.2) is 12.1 Å². The van der Waals surface area contributed by atoms with Crippen molar-refractivity contribution in [3.05, 3.63) is 22.7 Å². The summed E-state index contributed by atoms with van der Waals surface area (Å²) in [6.07, 6.45) is 0.818. The second-order valence-corrected chi connectivity index (χ2v) is 5.04. The van der Waals surface area contributed by atoms with E-state index in [-0.39, 0.29) is 11.8 Å². The highest BCUT2D eigenvalue weighted by Crippen LogP contribution is 2.37. The standard InChI is InChI=1S/C14H17ClN2O4/c1-20-10-5-3-8(12(15)13(10)21-2)7-16-9-4-6-11(18)17-14(9)19/h3,5,9,16H,4,6-7H2,1-2H3,(H,17,18,19). The maximum absolute atomic E-state index is 11.7. The molecule has 21 heavy (non-hydrogen) atoms. The second kappa shape index (κ2) is 6.78. The number of carbonyl (C=O) groups is 2. The van der Waals surface area contributed by atoms with Gasteiger partial charge in [0.05, 0.1) is 25.3 Å². The lowest BCUT2D eigenvalue weighted by Gasteiger charge is -2.22. The van der Waals surface area contributed by atoms with Gasteiger partial charge in [0.1, 0.15) is 0 Å². The third kappa shape index (κ3) is 3.46. The Hall–Kier alpha value is -1.79. The zero-order chi connectivity index (χ0) is 15.4. The van der Waals surface area contributed by atoms with Gasteiger partial charge in [-0.15, -0.1) is 0 Å². The monoisotopic (exact) mass is 312 g/mol. The van der Waals surface area contributed by atoms with Gasteiger partial charge >= 0.3 is 0 Å². The molecule has 1 aromatic rings. The number of imide groups is 1. The van der Waals surface area contributed by atoms with Crippen LogP contribution in [0, 0.1) is 0 Å². The first-order chi connectivity index (χ1) is 10.1. The predicted octanol–water partition coefficient (Wildman–Crippen LogP) is 1.25. The molecule has 2 amide bonds. The van der Waals surface area contributed by atoms with Crippen molar-refractivity contribution in [1.82, 2.24) is 10.6 Å². The molecule has 1 atom stereocenters. The van der Waals surface area contributed by atoms with Crippen LogP contribution in [-0.4, -0.2) is 32.1 Å². The Bertz CT molecular complexity index is 562. The summed E-state index contributed by atoms with van der Waals surface area (Å²) >= 11 is 6.27. The number of benzene rings is 1. The highest BCUT2D eigenvalue weighted by molar-refractivity contribution is 6.33. The molecule has 6 nitrogen and oxygen atoms in total. The minimum atomic E-state index is -0.396. The summed E-state index contributed by atoms with van der Waals surface area (Å²) in [5.41, 5.74) is 0.791. The summed E-state index contributed by atoms with van der Waals surface area (Å²) in [5, 5.41) is 5.84. The largest absolute Gasteiger partial charge is 0.493 e. The molecule has 7 heteroatoms. The van der Waals surface area contributed by atoms with E-state index in [0.717, 1.165) is 5.56 Å². The lowest BCUT2D eigenvalue weighted by atomic mass is 10.1. The van der Waals surface area contributed by atoms with Gasteiger partial charge < -0.3 is 14.8 Å². The van der Waals surface area contributed by atoms with Crippen LogP contribution in [0.4, 0.5) is 0 Å². The first-order valence-electron chi connectivity index (χ1n) is 6.53. The van der Waals surface area contributed by atoms with E-state index in [1.165, 1.54) is 14.2 Å². The molecule has 1 heterocycles. The number of carbonyl (C=O) groups excluding carboxylic acids is 2. The van der Waals surface area contributed by atoms with Crippen molar-refractivity contribution < 1.29 is 19.1 Å². The molecule has 1 fully saturated rings. The van der Waals surface area contributed by atoms with Crippen LogP contribution in [0.3, 0.4) is 0 Å². The highest BCUT2D eigenvalue weighted by atomic mass is 35.5. The predicted molar refractivity (Wildman–Crippen MR) is 77.6 cm³/mol. The van der Waals surface area contributed by atoms with E-state index in [1.54, 1.807) is 6.07 Å². The fraction of sp³-hybridized carbons (Fsp3) is 0.429. The van der Waals surface area contributed by atoms with E-state index in [9.17, 15) is 9.59 Å². The fourth-order valence-electron chi connectivity index (χ4n) is 2.19. The van der Waals surface area contributed by atoms with Crippen LogP contribution in [0.5, 0.6) is 11.5 Å². The average molecular weight is 313 g/mol. The number of ether oxygens (including phenoxy) is 2. The van der Waals surface area contributed by atoms with Crippen molar-refractivity contribution in [2.45, 2.75) is 25.4 Å². The van der Waals surface area contributed by atoms with Gasteiger partial charge in [-0.2, -0.15) is 0 Å². The topological polar surface area (TPSA) is 76.7 Å². The number of piperidine rings is 1. The summed E-state index contributed by atoms with van der Waals surface area (Å²) in [6, 6.07) is 3.17. The van der Waals surface area contributed by atoms with Crippen molar-refractivity contribution in [1.29, 1.82) is 0 Å². The molecule has 1 aromatic carbocycles. The van der Waals surface area contributed by atoms with Crippen LogP contribution in [0.2, 0.25) is 5.02 Å². The Balaban J connectivity index is 2.07. The fourth-order valence-corrected chi connectivity index (χ4v) is 2.49. The van der Waals surface area contributed by atoms with E-state index in [2.05, 4.69) is 10.6 Å². The van der Waals surface area contributed by atoms with E-state index in [0.29, 0.717) is 35.9 Å². The lowest BCUT2D eigenvalue weighted by Crippen LogP contribution is -2.50. The van der Waals surface area contributed by atoms with Gasteiger partial charge in [-0.25, -0.2) is 0 Å². The number of amides is 2. The molecule has 1 unspecified atom stereocenters. The molecule has 2 rings (SSSR count). The van der Waals surface area contributed by atoms with Gasteiger partial charge in [0.25, 0.3) is 0 Å². The van der Waals surface area contributed by atoms with Crippen LogP contribution in [-0.2, 0) is 16.1 Å². The maximum Gasteiger partial charge on any atom is 0.243 e. The second-order valence-electron chi connectivity index (χ2n) is 4.66. The van der Waals surface area contributed by atoms with Crippen LogP contribution >= 0.6 is 11.6 Å². The van der Waals surface area contributed by atoms with Gasteiger partial charge in [-0.05, 0) is 18.1 Å². The number of hydrogen-bond donors (Lipinski definition) is 2. The van der Waals surface area contributed by atoms with Gasteiger partial charge in [0, 0.05) is 13.0 Å². The molecular formula is C14H17ClN2O4. The SMILES string of the molecule is COc1ccc(CNC2CCC(=O)NC2=O)c(Cl)c1OC. The van der Waals surface area contributed by atoms with Crippen molar-refractivity contribution in [2.24, 2.45) is 0 Å². The minimum absolute atomic E-state index is 0.234. The Morgan fingerprint density at radius 2 is 2.10 bits per heavy atom.